The highest BCUT2D eigenvalue weighted by molar-refractivity contribution is 4.65. The number of hydrogen-bond donors (Lipinski definition) is 2. The van der Waals surface area contributed by atoms with Gasteiger partial charge < -0.3 is 11.1 Å². The number of nitrogens with two attached hydrogens (primary N) is 1. The second kappa shape index (κ2) is 10.1. The lowest BCUT2D eigenvalue weighted by molar-refractivity contribution is 0.370. The molecule has 2 heteroatoms. The van der Waals surface area contributed by atoms with Crippen molar-refractivity contribution in [2.75, 3.05) is 19.6 Å². The molecule has 2 nitrogen and oxygen atoms in total. The summed E-state index contributed by atoms with van der Waals surface area (Å²) in [6.07, 6.45) is 14.2. The standard InChI is InChI=1S/C14H30N2/c15-11-8-12-16-13-14-9-6-4-2-1-3-5-7-10-14/h14,16H,1-13,15H2. The summed E-state index contributed by atoms with van der Waals surface area (Å²) < 4.78 is 0. The zero-order valence-corrected chi connectivity index (χ0v) is 10.8. The minimum Gasteiger partial charge on any atom is -0.330 e. The first-order valence-electron chi connectivity index (χ1n) is 7.34. The maximum Gasteiger partial charge on any atom is -0.00205 e. The molecule has 3 N–H and O–H groups in total. The van der Waals surface area contributed by atoms with Crippen molar-refractivity contribution in [2.45, 2.75) is 64.2 Å². The first-order valence-corrected chi connectivity index (χ1v) is 7.34. The van der Waals surface area contributed by atoms with Gasteiger partial charge in [0.1, 0.15) is 0 Å². The van der Waals surface area contributed by atoms with E-state index in [1.807, 2.05) is 0 Å². The van der Waals surface area contributed by atoms with E-state index in [4.69, 9.17) is 5.73 Å². The lowest BCUT2D eigenvalue weighted by atomic mass is 9.92. The summed E-state index contributed by atoms with van der Waals surface area (Å²) in [6, 6.07) is 0. The van der Waals surface area contributed by atoms with Gasteiger partial charge in [-0.15, -0.1) is 0 Å². The van der Waals surface area contributed by atoms with E-state index in [9.17, 15) is 0 Å². The molecule has 0 aromatic carbocycles. The average Bonchev–Trinajstić information content (AvgIpc) is 2.32. The molecule has 0 atom stereocenters. The van der Waals surface area contributed by atoms with Crippen LogP contribution in [0.1, 0.15) is 64.2 Å². The van der Waals surface area contributed by atoms with Crippen molar-refractivity contribution >= 4 is 0 Å². The fourth-order valence-corrected chi connectivity index (χ4v) is 2.63. The van der Waals surface area contributed by atoms with Gasteiger partial charge in [0.25, 0.3) is 0 Å². The molecule has 0 unspecified atom stereocenters. The third-order valence-corrected chi connectivity index (χ3v) is 3.72. The quantitative estimate of drug-likeness (QED) is 0.707. The van der Waals surface area contributed by atoms with E-state index in [0.717, 1.165) is 25.4 Å². The third kappa shape index (κ3) is 7.24. The summed E-state index contributed by atoms with van der Waals surface area (Å²) in [5.41, 5.74) is 5.49. The molecule has 1 fully saturated rings. The zero-order valence-electron chi connectivity index (χ0n) is 10.8. The molecule has 0 saturated heterocycles. The molecule has 1 aliphatic carbocycles. The van der Waals surface area contributed by atoms with Crippen molar-refractivity contribution in [3.63, 3.8) is 0 Å². The van der Waals surface area contributed by atoms with Crippen LogP contribution in [0.15, 0.2) is 0 Å². The Balaban J connectivity index is 2.09. The van der Waals surface area contributed by atoms with Crippen LogP contribution < -0.4 is 11.1 Å². The summed E-state index contributed by atoms with van der Waals surface area (Å²) in [7, 11) is 0. The largest absolute Gasteiger partial charge is 0.330 e. The highest BCUT2D eigenvalue weighted by Gasteiger charge is 2.09. The fourth-order valence-electron chi connectivity index (χ4n) is 2.63. The van der Waals surface area contributed by atoms with Gasteiger partial charge in [-0.1, -0.05) is 44.9 Å². The Morgan fingerprint density at radius 3 is 2.00 bits per heavy atom. The molecule has 0 aromatic rings. The minimum absolute atomic E-state index is 0.817. The molecule has 0 heterocycles. The lowest BCUT2D eigenvalue weighted by Crippen LogP contribution is -2.25. The second-order valence-corrected chi connectivity index (χ2v) is 5.26. The Morgan fingerprint density at radius 2 is 1.44 bits per heavy atom. The third-order valence-electron chi connectivity index (χ3n) is 3.72. The van der Waals surface area contributed by atoms with Crippen LogP contribution in [-0.4, -0.2) is 19.6 Å². The molecule has 0 amide bonds. The Labute approximate surface area is 101 Å². The van der Waals surface area contributed by atoms with E-state index >= 15 is 0 Å². The maximum absolute atomic E-state index is 5.49. The molecular weight excluding hydrogens is 196 g/mol. The van der Waals surface area contributed by atoms with Crippen LogP contribution in [0.4, 0.5) is 0 Å². The highest BCUT2D eigenvalue weighted by atomic mass is 14.9. The molecule has 1 rings (SSSR count). The van der Waals surface area contributed by atoms with Gasteiger partial charge >= 0.3 is 0 Å². The van der Waals surface area contributed by atoms with Gasteiger partial charge in [0.2, 0.25) is 0 Å². The topological polar surface area (TPSA) is 38.0 Å². The van der Waals surface area contributed by atoms with E-state index < -0.39 is 0 Å². The first kappa shape index (κ1) is 14.0. The molecule has 0 aliphatic heterocycles. The Bertz CT molecular complexity index is 138. The molecule has 16 heavy (non-hydrogen) atoms. The summed E-state index contributed by atoms with van der Waals surface area (Å²) >= 11 is 0. The minimum atomic E-state index is 0.817. The lowest BCUT2D eigenvalue weighted by Gasteiger charge is -2.19. The van der Waals surface area contributed by atoms with E-state index in [1.165, 1.54) is 64.3 Å². The van der Waals surface area contributed by atoms with Crippen molar-refractivity contribution < 1.29 is 0 Å². The predicted molar refractivity (Wildman–Crippen MR) is 71.6 cm³/mol. The Hall–Kier alpha value is -0.0800. The van der Waals surface area contributed by atoms with Crippen molar-refractivity contribution in [2.24, 2.45) is 11.7 Å². The zero-order chi connectivity index (χ0) is 11.5. The van der Waals surface area contributed by atoms with Crippen molar-refractivity contribution in [3.8, 4) is 0 Å². The van der Waals surface area contributed by atoms with Gasteiger partial charge in [0.15, 0.2) is 0 Å². The number of rotatable bonds is 5. The molecule has 0 radical (unpaired) electrons. The van der Waals surface area contributed by atoms with Crippen LogP contribution in [0.2, 0.25) is 0 Å². The normalized spacial score (nSPS) is 20.8. The van der Waals surface area contributed by atoms with Crippen LogP contribution in [0.25, 0.3) is 0 Å². The summed E-state index contributed by atoms with van der Waals surface area (Å²) in [5.74, 6) is 0.927. The van der Waals surface area contributed by atoms with Gasteiger partial charge in [-0.3, -0.25) is 0 Å². The maximum atomic E-state index is 5.49. The van der Waals surface area contributed by atoms with Crippen LogP contribution in [-0.2, 0) is 0 Å². The monoisotopic (exact) mass is 226 g/mol. The van der Waals surface area contributed by atoms with E-state index in [-0.39, 0.29) is 0 Å². The summed E-state index contributed by atoms with van der Waals surface area (Å²) in [6.45, 7) is 3.14. The van der Waals surface area contributed by atoms with Crippen molar-refractivity contribution in [1.29, 1.82) is 0 Å². The Morgan fingerprint density at radius 1 is 0.875 bits per heavy atom. The summed E-state index contributed by atoms with van der Waals surface area (Å²) in [5, 5.41) is 3.56. The fraction of sp³-hybridized carbons (Fsp3) is 1.00. The molecule has 0 bridgehead atoms. The number of hydrogen-bond acceptors (Lipinski definition) is 2. The van der Waals surface area contributed by atoms with Crippen LogP contribution >= 0.6 is 0 Å². The predicted octanol–water partition coefficient (Wildman–Crippen LogP) is 3.07. The number of nitrogens with one attached hydrogen (secondary N) is 1. The van der Waals surface area contributed by atoms with Gasteiger partial charge in [-0.2, -0.15) is 0 Å². The Kier molecular flexibility index (Phi) is 8.83. The molecule has 1 saturated carbocycles. The molecular formula is C14H30N2. The van der Waals surface area contributed by atoms with Gasteiger partial charge in [0, 0.05) is 0 Å². The molecule has 96 valence electrons. The van der Waals surface area contributed by atoms with Crippen LogP contribution in [0, 0.1) is 5.92 Å². The SMILES string of the molecule is NCCCNCC1CCCCCCCCC1. The average molecular weight is 226 g/mol. The van der Waals surface area contributed by atoms with Gasteiger partial charge in [-0.25, -0.2) is 0 Å². The van der Waals surface area contributed by atoms with Crippen molar-refractivity contribution in [3.05, 3.63) is 0 Å². The molecule has 1 aliphatic rings. The van der Waals surface area contributed by atoms with E-state index in [2.05, 4.69) is 5.32 Å². The van der Waals surface area contributed by atoms with E-state index in [1.54, 1.807) is 0 Å². The smallest absolute Gasteiger partial charge is 0.00205 e. The molecule has 0 aromatic heterocycles. The van der Waals surface area contributed by atoms with Crippen molar-refractivity contribution in [1.82, 2.24) is 5.32 Å². The molecule has 0 spiro atoms. The van der Waals surface area contributed by atoms with Gasteiger partial charge in [-0.05, 0) is 44.8 Å². The van der Waals surface area contributed by atoms with Gasteiger partial charge in [0.05, 0.1) is 0 Å². The first-order chi connectivity index (χ1) is 7.93. The second-order valence-electron chi connectivity index (χ2n) is 5.26. The van der Waals surface area contributed by atoms with E-state index in [0.29, 0.717) is 0 Å². The van der Waals surface area contributed by atoms with Crippen LogP contribution in [0.3, 0.4) is 0 Å². The van der Waals surface area contributed by atoms with Crippen LogP contribution in [0.5, 0.6) is 0 Å². The highest BCUT2D eigenvalue weighted by Crippen LogP contribution is 2.20. The summed E-state index contributed by atoms with van der Waals surface area (Å²) in [4.78, 5) is 0.